The molecule has 1 aliphatic rings. The second kappa shape index (κ2) is 5.67. The average Bonchev–Trinajstić information content (AvgIpc) is 2.68. The van der Waals surface area contributed by atoms with Crippen LogP contribution in [0.25, 0.3) is 5.31 Å². The first kappa shape index (κ1) is 14.6. The molecule has 1 aliphatic carbocycles. The topological polar surface area (TPSA) is 3.24 Å². The molecular formula is C17H26NP. The van der Waals surface area contributed by atoms with Crippen molar-refractivity contribution < 1.29 is 0 Å². The molecule has 0 saturated heterocycles. The first-order chi connectivity index (χ1) is 8.93. The molecule has 0 atom stereocenters. The maximum absolute atomic E-state index is 2.38. The Morgan fingerprint density at radius 1 is 1.00 bits per heavy atom. The molecule has 0 fully saturated rings. The molecule has 1 aromatic carbocycles. The highest BCUT2D eigenvalue weighted by molar-refractivity contribution is 7.69. The Hall–Kier alpha value is -0.810. The molecule has 0 spiro atoms. The number of fused-ring (bicyclic) bond motifs is 1. The van der Waals surface area contributed by atoms with E-state index in [2.05, 4.69) is 71.0 Å². The van der Waals surface area contributed by atoms with Gasteiger partial charge < -0.3 is 4.90 Å². The van der Waals surface area contributed by atoms with Crippen molar-refractivity contribution in [3.63, 3.8) is 0 Å². The van der Waals surface area contributed by atoms with Crippen molar-refractivity contribution >= 4 is 13.2 Å². The molecule has 0 unspecified atom stereocenters. The fraction of sp³-hybridized carbons (Fsp3) is 0.529. The second-order valence-electron chi connectivity index (χ2n) is 6.12. The molecule has 2 rings (SSSR count). The Labute approximate surface area is 119 Å². The largest absolute Gasteiger partial charge is 0.380 e. The average molecular weight is 275 g/mol. The monoisotopic (exact) mass is 275 g/mol. The maximum Gasteiger partial charge on any atom is 0.0257 e. The number of nitrogens with zero attached hydrogens (tertiary/aromatic N) is 1. The van der Waals surface area contributed by atoms with E-state index in [0.29, 0.717) is 0 Å². The predicted octanol–water partition coefficient (Wildman–Crippen LogP) is 4.77. The first-order valence-electron chi connectivity index (χ1n) is 7.20. The lowest BCUT2D eigenvalue weighted by Crippen LogP contribution is -2.14. The zero-order valence-electron chi connectivity index (χ0n) is 13.1. The van der Waals surface area contributed by atoms with E-state index in [9.17, 15) is 0 Å². The molecule has 1 nitrogen and oxygen atoms in total. The van der Waals surface area contributed by atoms with E-state index in [1.54, 1.807) is 5.31 Å². The molecular weight excluding hydrogens is 249 g/mol. The van der Waals surface area contributed by atoms with E-state index < -0.39 is 0 Å². The molecule has 0 aliphatic heterocycles. The van der Waals surface area contributed by atoms with Crippen LogP contribution in [-0.2, 0) is 6.42 Å². The summed E-state index contributed by atoms with van der Waals surface area (Å²) in [6.45, 7) is 9.53. The normalized spacial score (nSPS) is 14.8. The van der Waals surface area contributed by atoms with Crippen LogP contribution in [0.2, 0.25) is 0 Å². The lowest BCUT2D eigenvalue weighted by atomic mass is 10.1. The van der Waals surface area contributed by atoms with Crippen molar-refractivity contribution in [2.24, 2.45) is 0 Å². The van der Waals surface area contributed by atoms with Gasteiger partial charge in [-0.15, -0.1) is 0 Å². The summed E-state index contributed by atoms with van der Waals surface area (Å²) in [7, 11) is 4.28. The molecule has 19 heavy (non-hydrogen) atoms. The van der Waals surface area contributed by atoms with Gasteiger partial charge in [0.15, 0.2) is 0 Å². The van der Waals surface area contributed by atoms with Gasteiger partial charge in [-0.3, -0.25) is 0 Å². The number of rotatable bonds is 4. The molecule has 0 heterocycles. The fourth-order valence-corrected chi connectivity index (χ4v) is 6.39. The third kappa shape index (κ3) is 2.72. The number of likely N-dealkylation sites (N-methyl/N-ethyl adjacent to an activating group) is 1. The van der Waals surface area contributed by atoms with E-state index in [4.69, 9.17) is 0 Å². The van der Waals surface area contributed by atoms with Gasteiger partial charge in [0.1, 0.15) is 0 Å². The summed E-state index contributed by atoms with van der Waals surface area (Å²) >= 11 is 0. The van der Waals surface area contributed by atoms with Gasteiger partial charge >= 0.3 is 0 Å². The van der Waals surface area contributed by atoms with Crippen molar-refractivity contribution in [3.05, 3.63) is 41.1 Å². The van der Waals surface area contributed by atoms with E-state index in [-0.39, 0.29) is 7.92 Å². The standard InChI is InChI=1S/C17H26NP/c1-12(2)19(13(3)4)17-15-10-8-7-9-14(15)11-16(17)18(5)6/h7-10,12-13H,11H2,1-6H3. The molecule has 0 amide bonds. The van der Waals surface area contributed by atoms with Gasteiger partial charge in [-0.25, -0.2) is 0 Å². The maximum atomic E-state index is 2.38. The summed E-state index contributed by atoms with van der Waals surface area (Å²) in [6.07, 6.45) is 1.11. The third-order valence-electron chi connectivity index (χ3n) is 3.81. The summed E-state index contributed by atoms with van der Waals surface area (Å²) in [5.74, 6) is 0. The van der Waals surface area contributed by atoms with Gasteiger partial charge in [0.05, 0.1) is 0 Å². The molecule has 1 aromatic rings. The van der Waals surface area contributed by atoms with Crippen LogP contribution in [0.4, 0.5) is 0 Å². The minimum Gasteiger partial charge on any atom is -0.380 e. The van der Waals surface area contributed by atoms with E-state index in [1.165, 1.54) is 16.8 Å². The highest BCUT2D eigenvalue weighted by Crippen LogP contribution is 2.61. The zero-order valence-corrected chi connectivity index (χ0v) is 14.0. The van der Waals surface area contributed by atoms with E-state index in [0.717, 1.165) is 17.7 Å². The first-order valence-corrected chi connectivity index (χ1v) is 8.68. The number of benzene rings is 1. The Bertz CT molecular complexity index is 478. The molecule has 0 saturated carbocycles. The van der Waals surface area contributed by atoms with Crippen LogP contribution in [0.3, 0.4) is 0 Å². The van der Waals surface area contributed by atoms with Crippen molar-refractivity contribution in [1.29, 1.82) is 0 Å². The zero-order chi connectivity index (χ0) is 14.2. The van der Waals surface area contributed by atoms with Crippen LogP contribution in [0, 0.1) is 0 Å². The Morgan fingerprint density at radius 3 is 2.11 bits per heavy atom. The van der Waals surface area contributed by atoms with Gasteiger partial charge in [-0.2, -0.15) is 0 Å². The molecule has 0 radical (unpaired) electrons. The summed E-state index contributed by atoms with van der Waals surface area (Å²) in [5, 5.41) is 1.65. The minimum atomic E-state index is -0.100. The number of allylic oxidation sites excluding steroid dienone is 1. The third-order valence-corrected chi connectivity index (χ3v) is 7.06. The smallest absolute Gasteiger partial charge is 0.0257 e. The van der Waals surface area contributed by atoms with Crippen LogP contribution in [-0.4, -0.2) is 30.3 Å². The molecule has 0 aromatic heterocycles. The Kier molecular flexibility index (Phi) is 4.36. The van der Waals surface area contributed by atoms with Gasteiger partial charge in [0.25, 0.3) is 0 Å². The summed E-state index contributed by atoms with van der Waals surface area (Å²) in [6, 6.07) is 8.97. The fourth-order valence-electron chi connectivity index (χ4n) is 3.10. The lowest BCUT2D eigenvalue weighted by Gasteiger charge is -2.30. The van der Waals surface area contributed by atoms with Crippen molar-refractivity contribution in [3.8, 4) is 0 Å². The molecule has 2 heteroatoms. The van der Waals surface area contributed by atoms with Gasteiger partial charge in [0, 0.05) is 31.5 Å². The summed E-state index contributed by atoms with van der Waals surface area (Å²) in [5.41, 5.74) is 6.04. The number of hydrogen-bond acceptors (Lipinski definition) is 1. The van der Waals surface area contributed by atoms with Crippen LogP contribution in [0.1, 0.15) is 38.8 Å². The van der Waals surface area contributed by atoms with Crippen LogP contribution in [0.5, 0.6) is 0 Å². The number of hydrogen-bond donors (Lipinski definition) is 0. The van der Waals surface area contributed by atoms with Crippen molar-refractivity contribution in [2.45, 2.75) is 45.4 Å². The van der Waals surface area contributed by atoms with E-state index in [1.807, 2.05) is 0 Å². The van der Waals surface area contributed by atoms with Crippen molar-refractivity contribution in [1.82, 2.24) is 4.90 Å². The second-order valence-corrected chi connectivity index (χ2v) is 9.45. The SMILES string of the molecule is CC(C)P(C1=C(N(C)C)Cc2ccccc21)C(C)C. The Balaban J connectivity index is 2.56. The predicted molar refractivity (Wildman–Crippen MR) is 87.9 cm³/mol. The van der Waals surface area contributed by atoms with E-state index >= 15 is 0 Å². The highest BCUT2D eigenvalue weighted by atomic mass is 31.1. The van der Waals surface area contributed by atoms with Crippen LogP contribution >= 0.6 is 7.92 Å². The van der Waals surface area contributed by atoms with Gasteiger partial charge in [-0.1, -0.05) is 59.9 Å². The Morgan fingerprint density at radius 2 is 1.58 bits per heavy atom. The minimum absolute atomic E-state index is 0.100. The quantitative estimate of drug-likeness (QED) is 0.715. The van der Waals surface area contributed by atoms with Crippen LogP contribution < -0.4 is 0 Å². The molecule has 0 bridgehead atoms. The lowest BCUT2D eigenvalue weighted by molar-refractivity contribution is 0.506. The molecule has 104 valence electrons. The molecule has 0 N–H and O–H groups in total. The van der Waals surface area contributed by atoms with Crippen molar-refractivity contribution in [2.75, 3.05) is 14.1 Å². The highest BCUT2D eigenvalue weighted by Gasteiger charge is 2.31. The van der Waals surface area contributed by atoms with Gasteiger partial charge in [0.2, 0.25) is 0 Å². The van der Waals surface area contributed by atoms with Crippen LogP contribution in [0.15, 0.2) is 30.0 Å². The summed E-state index contributed by atoms with van der Waals surface area (Å²) in [4.78, 5) is 2.33. The summed E-state index contributed by atoms with van der Waals surface area (Å²) < 4.78 is 0. The van der Waals surface area contributed by atoms with Gasteiger partial charge in [-0.05, 0) is 22.4 Å².